The molecule has 1 aromatic carbocycles. The van der Waals surface area contributed by atoms with Crippen LogP contribution < -0.4 is 5.32 Å². The molecule has 19 heavy (non-hydrogen) atoms. The second kappa shape index (κ2) is 6.12. The van der Waals surface area contributed by atoms with Crippen molar-refractivity contribution in [1.29, 1.82) is 0 Å². The number of carbonyl (C=O) groups is 1. The van der Waals surface area contributed by atoms with E-state index in [0.29, 0.717) is 11.7 Å². The fourth-order valence-electron chi connectivity index (χ4n) is 1.89. The Kier molecular flexibility index (Phi) is 4.50. The molecule has 1 heterocycles. The van der Waals surface area contributed by atoms with Crippen LogP contribution in [0.4, 0.5) is 5.13 Å². The molecule has 102 valence electrons. The van der Waals surface area contributed by atoms with E-state index in [1.54, 1.807) is 0 Å². The van der Waals surface area contributed by atoms with Crippen LogP contribution in [-0.4, -0.2) is 35.4 Å². The lowest BCUT2D eigenvalue weighted by Gasteiger charge is -2.16. The molecule has 0 saturated carbocycles. The minimum absolute atomic E-state index is 0.000483. The minimum Gasteiger partial charge on any atom is -0.301 e. The third-order valence-electron chi connectivity index (χ3n) is 3.05. The fourth-order valence-corrected chi connectivity index (χ4v) is 2.87. The number of rotatable bonds is 5. The van der Waals surface area contributed by atoms with Gasteiger partial charge in [0.2, 0.25) is 5.91 Å². The third-order valence-corrected chi connectivity index (χ3v) is 3.99. The topological polar surface area (TPSA) is 45.2 Å². The molecule has 0 aliphatic rings. The summed E-state index contributed by atoms with van der Waals surface area (Å²) in [5.41, 5.74) is 2.14. The Labute approximate surface area is 117 Å². The number of aromatic nitrogens is 1. The number of thiazole rings is 1. The van der Waals surface area contributed by atoms with Crippen molar-refractivity contribution in [3.63, 3.8) is 0 Å². The summed E-state index contributed by atoms with van der Waals surface area (Å²) in [6.45, 7) is 8.33. The van der Waals surface area contributed by atoms with E-state index in [9.17, 15) is 4.79 Å². The van der Waals surface area contributed by atoms with Gasteiger partial charge in [0.05, 0.1) is 16.8 Å². The van der Waals surface area contributed by atoms with Crippen LogP contribution >= 0.6 is 11.3 Å². The number of carbonyl (C=O) groups excluding carboxylic acids is 1. The van der Waals surface area contributed by atoms with E-state index in [2.05, 4.69) is 42.0 Å². The van der Waals surface area contributed by atoms with Crippen LogP contribution in [0.5, 0.6) is 0 Å². The average Bonchev–Trinajstić information content (AvgIpc) is 2.77. The van der Waals surface area contributed by atoms with Crippen LogP contribution in [0.2, 0.25) is 0 Å². The molecule has 0 aliphatic carbocycles. The van der Waals surface area contributed by atoms with Crippen molar-refractivity contribution in [2.45, 2.75) is 20.8 Å². The smallest absolute Gasteiger partial charge is 0.240 e. The second-order valence-electron chi connectivity index (χ2n) is 4.50. The number of hydrogen-bond donors (Lipinski definition) is 1. The van der Waals surface area contributed by atoms with Gasteiger partial charge in [-0.3, -0.25) is 9.69 Å². The molecule has 0 saturated heterocycles. The fraction of sp³-hybridized carbons (Fsp3) is 0.429. The highest BCUT2D eigenvalue weighted by atomic mass is 32.1. The first-order valence-corrected chi connectivity index (χ1v) is 7.33. The van der Waals surface area contributed by atoms with Crippen molar-refractivity contribution in [3.05, 3.63) is 23.8 Å². The summed E-state index contributed by atoms with van der Waals surface area (Å²) in [4.78, 5) is 18.4. The lowest BCUT2D eigenvalue weighted by Crippen LogP contribution is -2.32. The van der Waals surface area contributed by atoms with Gasteiger partial charge in [-0.15, -0.1) is 0 Å². The predicted molar refractivity (Wildman–Crippen MR) is 80.8 cm³/mol. The molecule has 0 spiro atoms. The van der Waals surface area contributed by atoms with E-state index in [4.69, 9.17) is 0 Å². The maximum atomic E-state index is 11.9. The van der Waals surface area contributed by atoms with Crippen molar-refractivity contribution < 1.29 is 4.79 Å². The Morgan fingerprint density at radius 2 is 2.11 bits per heavy atom. The third kappa shape index (κ3) is 3.52. The van der Waals surface area contributed by atoms with Crippen molar-refractivity contribution in [1.82, 2.24) is 9.88 Å². The summed E-state index contributed by atoms with van der Waals surface area (Å²) in [6.07, 6.45) is 0. The molecule has 5 heteroatoms. The first-order valence-electron chi connectivity index (χ1n) is 6.51. The number of aryl methyl sites for hydroxylation is 1. The summed E-state index contributed by atoms with van der Waals surface area (Å²) >= 11 is 1.52. The van der Waals surface area contributed by atoms with Crippen molar-refractivity contribution in [2.75, 3.05) is 25.0 Å². The number of amides is 1. The molecule has 0 atom stereocenters. The lowest BCUT2D eigenvalue weighted by atomic mass is 10.2. The van der Waals surface area contributed by atoms with Gasteiger partial charge in [0.25, 0.3) is 0 Å². The van der Waals surface area contributed by atoms with Crippen molar-refractivity contribution in [2.24, 2.45) is 0 Å². The van der Waals surface area contributed by atoms with E-state index < -0.39 is 0 Å². The highest BCUT2D eigenvalue weighted by Gasteiger charge is 2.10. The van der Waals surface area contributed by atoms with Gasteiger partial charge in [-0.1, -0.05) is 31.3 Å². The average molecular weight is 277 g/mol. The van der Waals surface area contributed by atoms with Crippen LogP contribution in [0.1, 0.15) is 19.4 Å². The molecule has 1 N–H and O–H groups in total. The Balaban J connectivity index is 2.06. The molecule has 0 aliphatic heterocycles. The van der Waals surface area contributed by atoms with Gasteiger partial charge in [-0.2, -0.15) is 0 Å². The second-order valence-corrected chi connectivity index (χ2v) is 5.53. The van der Waals surface area contributed by atoms with E-state index in [0.717, 1.165) is 23.3 Å². The van der Waals surface area contributed by atoms with Gasteiger partial charge in [0.15, 0.2) is 5.13 Å². The Morgan fingerprint density at radius 3 is 2.79 bits per heavy atom. The first-order chi connectivity index (χ1) is 9.12. The predicted octanol–water partition coefficient (Wildman–Crippen LogP) is 2.89. The highest BCUT2D eigenvalue weighted by molar-refractivity contribution is 7.22. The molecular weight excluding hydrogens is 258 g/mol. The van der Waals surface area contributed by atoms with Crippen molar-refractivity contribution in [3.8, 4) is 0 Å². The summed E-state index contributed by atoms with van der Waals surface area (Å²) < 4.78 is 1.11. The minimum atomic E-state index is -0.000483. The molecule has 2 rings (SSSR count). The van der Waals surface area contributed by atoms with Gasteiger partial charge in [-0.05, 0) is 37.7 Å². The summed E-state index contributed by atoms with van der Waals surface area (Å²) in [6, 6.07) is 6.11. The monoisotopic (exact) mass is 277 g/mol. The molecule has 1 amide bonds. The molecule has 0 fully saturated rings. The standard InChI is InChI=1S/C14H19N3OS/c1-4-17(5-2)9-13(18)16-14-15-11-7-6-10(3)8-12(11)19-14/h6-8H,4-5,9H2,1-3H3,(H,15,16,18). The molecule has 0 unspecified atom stereocenters. The van der Waals surface area contributed by atoms with Crippen molar-refractivity contribution >= 4 is 32.6 Å². The first kappa shape index (κ1) is 14.0. The zero-order valence-corrected chi connectivity index (χ0v) is 12.4. The molecule has 4 nitrogen and oxygen atoms in total. The Bertz CT molecular complexity index is 575. The van der Waals surface area contributed by atoms with Gasteiger partial charge in [-0.25, -0.2) is 4.98 Å². The zero-order valence-electron chi connectivity index (χ0n) is 11.6. The van der Waals surface area contributed by atoms with Crippen LogP contribution in [-0.2, 0) is 4.79 Å². The maximum Gasteiger partial charge on any atom is 0.240 e. The van der Waals surface area contributed by atoms with Gasteiger partial charge < -0.3 is 5.32 Å². The number of nitrogens with zero attached hydrogens (tertiary/aromatic N) is 2. The van der Waals surface area contributed by atoms with Crippen LogP contribution in [0.3, 0.4) is 0 Å². The van der Waals surface area contributed by atoms with E-state index in [1.165, 1.54) is 16.9 Å². The number of hydrogen-bond acceptors (Lipinski definition) is 4. The normalized spacial score (nSPS) is 11.2. The summed E-state index contributed by atoms with van der Waals surface area (Å²) in [5, 5.41) is 3.56. The molecular formula is C14H19N3OS. The summed E-state index contributed by atoms with van der Waals surface area (Å²) in [5.74, 6) is -0.000483. The van der Waals surface area contributed by atoms with Crippen LogP contribution in [0.25, 0.3) is 10.2 Å². The van der Waals surface area contributed by atoms with Crippen LogP contribution in [0, 0.1) is 6.92 Å². The van der Waals surface area contributed by atoms with Gasteiger partial charge in [0, 0.05) is 0 Å². The number of anilines is 1. The largest absolute Gasteiger partial charge is 0.301 e. The number of nitrogens with one attached hydrogen (secondary N) is 1. The highest BCUT2D eigenvalue weighted by Crippen LogP contribution is 2.26. The Hall–Kier alpha value is -1.46. The SMILES string of the molecule is CCN(CC)CC(=O)Nc1nc2ccc(C)cc2s1. The number of benzene rings is 1. The van der Waals surface area contributed by atoms with Crippen LogP contribution in [0.15, 0.2) is 18.2 Å². The van der Waals surface area contributed by atoms with Gasteiger partial charge in [0.1, 0.15) is 0 Å². The van der Waals surface area contributed by atoms with E-state index in [1.807, 2.05) is 12.1 Å². The molecule has 0 radical (unpaired) electrons. The molecule has 0 bridgehead atoms. The molecule has 1 aromatic heterocycles. The zero-order chi connectivity index (χ0) is 13.8. The molecule has 2 aromatic rings. The number of likely N-dealkylation sites (N-methyl/N-ethyl adjacent to an activating group) is 1. The van der Waals surface area contributed by atoms with E-state index in [-0.39, 0.29) is 5.91 Å². The number of fused-ring (bicyclic) bond motifs is 1. The maximum absolute atomic E-state index is 11.9. The summed E-state index contributed by atoms with van der Waals surface area (Å²) in [7, 11) is 0. The Morgan fingerprint density at radius 1 is 1.37 bits per heavy atom. The quantitative estimate of drug-likeness (QED) is 0.914. The van der Waals surface area contributed by atoms with Gasteiger partial charge >= 0.3 is 0 Å². The lowest BCUT2D eigenvalue weighted by molar-refractivity contribution is -0.117. The van der Waals surface area contributed by atoms with E-state index >= 15 is 0 Å².